The van der Waals surface area contributed by atoms with Crippen molar-refractivity contribution in [1.29, 1.82) is 0 Å². The van der Waals surface area contributed by atoms with E-state index in [1.165, 1.54) is 12.1 Å². The summed E-state index contributed by atoms with van der Waals surface area (Å²) in [6.07, 6.45) is 2.27. The van der Waals surface area contributed by atoms with Crippen LogP contribution in [0, 0.1) is 0 Å². The number of aliphatic hydroxyl groups excluding tert-OH is 1. The Labute approximate surface area is 101 Å². The molecule has 0 bridgehead atoms. The summed E-state index contributed by atoms with van der Waals surface area (Å²) in [4.78, 5) is 0.136. The molecule has 17 heavy (non-hydrogen) atoms. The lowest BCUT2D eigenvalue weighted by Gasteiger charge is -2.40. The molecule has 0 aromatic heterocycles. The number of nitrogen functional groups attached to an aromatic ring is 1. The van der Waals surface area contributed by atoms with Gasteiger partial charge in [-0.25, -0.2) is 13.1 Å². The van der Waals surface area contributed by atoms with Crippen molar-refractivity contribution in [3.05, 3.63) is 24.3 Å². The Morgan fingerprint density at radius 1 is 1.41 bits per heavy atom. The zero-order valence-electron chi connectivity index (χ0n) is 9.39. The minimum Gasteiger partial charge on any atom is -0.399 e. The van der Waals surface area contributed by atoms with Crippen molar-refractivity contribution in [3.8, 4) is 0 Å². The van der Waals surface area contributed by atoms with Crippen LogP contribution >= 0.6 is 0 Å². The van der Waals surface area contributed by atoms with Crippen LogP contribution in [0.1, 0.15) is 19.3 Å². The summed E-state index contributed by atoms with van der Waals surface area (Å²) in [6, 6.07) is 6.12. The van der Waals surface area contributed by atoms with E-state index in [0.29, 0.717) is 18.5 Å². The normalized spacial score (nSPS) is 18.6. The molecule has 0 heterocycles. The fourth-order valence-corrected chi connectivity index (χ4v) is 3.43. The van der Waals surface area contributed by atoms with Gasteiger partial charge in [0.25, 0.3) is 0 Å². The van der Waals surface area contributed by atoms with Crippen molar-refractivity contribution in [3.63, 3.8) is 0 Å². The quantitative estimate of drug-likeness (QED) is 0.682. The number of benzene rings is 1. The molecule has 0 unspecified atom stereocenters. The van der Waals surface area contributed by atoms with Crippen LogP contribution in [0.3, 0.4) is 0 Å². The molecule has 0 aliphatic heterocycles. The first kappa shape index (κ1) is 12.3. The summed E-state index contributed by atoms with van der Waals surface area (Å²) in [5.41, 5.74) is 5.28. The highest BCUT2D eigenvalue weighted by molar-refractivity contribution is 7.89. The van der Waals surface area contributed by atoms with Gasteiger partial charge in [0.2, 0.25) is 10.0 Å². The molecular weight excluding hydrogens is 240 g/mol. The minimum atomic E-state index is -3.60. The van der Waals surface area contributed by atoms with Crippen LogP contribution in [-0.4, -0.2) is 25.7 Å². The van der Waals surface area contributed by atoms with Crippen molar-refractivity contribution in [2.45, 2.75) is 29.7 Å². The summed E-state index contributed by atoms with van der Waals surface area (Å²) >= 11 is 0. The zero-order valence-corrected chi connectivity index (χ0v) is 10.2. The van der Waals surface area contributed by atoms with Gasteiger partial charge in [-0.05, 0) is 37.5 Å². The summed E-state index contributed by atoms with van der Waals surface area (Å²) in [7, 11) is -3.60. The summed E-state index contributed by atoms with van der Waals surface area (Å²) < 4.78 is 26.7. The highest BCUT2D eigenvalue weighted by Gasteiger charge is 2.40. The molecule has 1 aromatic rings. The minimum absolute atomic E-state index is 0.136. The van der Waals surface area contributed by atoms with Crippen molar-refractivity contribution in [2.75, 3.05) is 12.3 Å². The summed E-state index contributed by atoms with van der Waals surface area (Å²) in [5.74, 6) is 0. The Morgan fingerprint density at radius 3 is 2.59 bits per heavy atom. The molecular formula is C11H16N2O3S. The lowest BCUT2D eigenvalue weighted by molar-refractivity contribution is 0.110. The second kappa shape index (κ2) is 4.29. The van der Waals surface area contributed by atoms with Gasteiger partial charge in [-0.1, -0.05) is 6.07 Å². The second-order valence-electron chi connectivity index (χ2n) is 4.47. The molecule has 4 N–H and O–H groups in total. The Morgan fingerprint density at radius 2 is 2.12 bits per heavy atom. The van der Waals surface area contributed by atoms with E-state index in [-0.39, 0.29) is 11.5 Å². The third-order valence-corrected chi connectivity index (χ3v) is 4.71. The molecule has 6 heteroatoms. The molecule has 1 aliphatic rings. The predicted molar refractivity (Wildman–Crippen MR) is 64.8 cm³/mol. The molecule has 2 rings (SSSR count). The maximum atomic E-state index is 12.1. The average molecular weight is 256 g/mol. The molecule has 0 saturated heterocycles. The predicted octanol–water partition coefficient (Wildman–Crippen LogP) is 0.462. The maximum absolute atomic E-state index is 12.1. The van der Waals surface area contributed by atoms with Gasteiger partial charge in [0.05, 0.1) is 17.0 Å². The molecule has 0 amide bonds. The Bertz CT molecular complexity index is 504. The van der Waals surface area contributed by atoms with Gasteiger partial charge >= 0.3 is 0 Å². The van der Waals surface area contributed by atoms with E-state index < -0.39 is 15.6 Å². The molecule has 0 atom stereocenters. The third-order valence-electron chi connectivity index (χ3n) is 3.13. The van der Waals surface area contributed by atoms with E-state index >= 15 is 0 Å². The van der Waals surface area contributed by atoms with Gasteiger partial charge in [-0.2, -0.15) is 0 Å². The first-order valence-electron chi connectivity index (χ1n) is 5.48. The van der Waals surface area contributed by atoms with E-state index in [1.54, 1.807) is 12.1 Å². The van der Waals surface area contributed by atoms with Crippen LogP contribution in [0.5, 0.6) is 0 Å². The summed E-state index contributed by atoms with van der Waals surface area (Å²) in [5, 5.41) is 9.25. The Balaban J connectivity index is 2.25. The van der Waals surface area contributed by atoms with Crippen molar-refractivity contribution in [1.82, 2.24) is 4.72 Å². The van der Waals surface area contributed by atoms with Gasteiger partial charge in [-0.3, -0.25) is 0 Å². The topological polar surface area (TPSA) is 92.4 Å². The molecule has 94 valence electrons. The highest BCUT2D eigenvalue weighted by Crippen LogP contribution is 2.32. The number of nitrogens with two attached hydrogens (primary N) is 1. The lowest BCUT2D eigenvalue weighted by Crippen LogP contribution is -2.55. The molecule has 5 nitrogen and oxygen atoms in total. The van der Waals surface area contributed by atoms with E-state index in [4.69, 9.17) is 5.73 Å². The van der Waals surface area contributed by atoms with Crippen LogP contribution in [0.4, 0.5) is 5.69 Å². The fourth-order valence-electron chi connectivity index (χ4n) is 1.92. The monoisotopic (exact) mass is 256 g/mol. The molecule has 1 saturated carbocycles. The van der Waals surface area contributed by atoms with E-state index in [0.717, 1.165) is 6.42 Å². The van der Waals surface area contributed by atoms with Crippen molar-refractivity contribution >= 4 is 15.7 Å². The van der Waals surface area contributed by atoms with Crippen LogP contribution in [0.15, 0.2) is 29.2 Å². The van der Waals surface area contributed by atoms with E-state index in [2.05, 4.69) is 4.72 Å². The van der Waals surface area contributed by atoms with Gasteiger partial charge in [0.1, 0.15) is 0 Å². The summed E-state index contributed by atoms with van der Waals surface area (Å²) in [6.45, 7) is -0.172. The highest BCUT2D eigenvalue weighted by atomic mass is 32.2. The zero-order chi connectivity index (χ0) is 12.5. The molecule has 0 spiro atoms. The van der Waals surface area contributed by atoms with E-state index in [9.17, 15) is 13.5 Å². The lowest BCUT2D eigenvalue weighted by atomic mass is 9.78. The number of rotatable bonds is 4. The number of hydrogen-bond donors (Lipinski definition) is 3. The maximum Gasteiger partial charge on any atom is 0.241 e. The van der Waals surface area contributed by atoms with Crippen LogP contribution in [0.25, 0.3) is 0 Å². The van der Waals surface area contributed by atoms with Crippen LogP contribution in [-0.2, 0) is 10.0 Å². The molecule has 1 fully saturated rings. The van der Waals surface area contributed by atoms with E-state index in [1.807, 2.05) is 0 Å². The Kier molecular flexibility index (Phi) is 3.11. The number of sulfonamides is 1. The SMILES string of the molecule is Nc1cccc(S(=O)(=O)NC2(CO)CCC2)c1. The van der Waals surface area contributed by atoms with Gasteiger partial charge in [-0.15, -0.1) is 0 Å². The molecule has 1 aromatic carbocycles. The largest absolute Gasteiger partial charge is 0.399 e. The first-order valence-corrected chi connectivity index (χ1v) is 6.96. The van der Waals surface area contributed by atoms with Crippen molar-refractivity contribution in [2.24, 2.45) is 0 Å². The number of hydrogen-bond acceptors (Lipinski definition) is 4. The molecule has 1 aliphatic carbocycles. The second-order valence-corrected chi connectivity index (χ2v) is 6.15. The van der Waals surface area contributed by atoms with Crippen LogP contribution < -0.4 is 10.5 Å². The number of nitrogens with one attached hydrogen (secondary N) is 1. The third kappa shape index (κ3) is 2.43. The first-order chi connectivity index (χ1) is 7.97. The smallest absolute Gasteiger partial charge is 0.241 e. The van der Waals surface area contributed by atoms with Crippen molar-refractivity contribution < 1.29 is 13.5 Å². The molecule has 0 radical (unpaired) electrons. The number of anilines is 1. The fraction of sp³-hybridized carbons (Fsp3) is 0.455. The van der Waals surface area contributed by atoms with Gasteiger partial charge in [0, 0.05) is 5.69 Å². The standard InChI is InChI=1S/C11H16N2O3S/c12-9-3-1-4-10(7-9)17(15,16)13-11(8-14)5-2-6-11/h1,3-4,7,13-14H,2,5-6,8,12H2. The number of aliphatic hydroxyl groups is 1. The Hall–Kier alpha value is -1.11. The van der Waals surface area contributed by atoms with Crippen LogP contribution in [0.2, 0.25) is 0 Å². The van der Waals surface area contributed by atoms with Gasteiger partial charge < -0.3 is 10.8 Å². The van der Waals surface area contributed by atoms with Gasteiger partial charge in [0.15, 0.2) is 0 Å². The average Bonchev–Trinajstić information content (AvgIpc) is 2.24.